The molecule has 1 aromatic carbocycles. The molecule has 2 aromatic rings. The van der Waals surface area contributed by atoms with Gasteiger partial charge in [0.05, 0.1) is 28.3 Å². The van der Waals surface area contributed by atoms with Gasteiger partial charge in [0.1, 0.15) is 11.9 Å². The second-order valence-corrected chi connectivity index (χ2v) is 12.3. The summed E-state index contributed by atoms with van der Waals surface area (Å²) in [5, 5.41) is 11.9. The van der Waals surface area contributed by atoms with E-state index in [9.17, 15) is 14.7 Å². The number of imidazole rings is 1. The van der Waals surface area contributed by atoms with Crippen molar-refractivity contribution in [2.24, 2.45) is 11.8 Å². The van der Waals surface area contributed by atoms with Crippen molar-refractivity contribution in [2.75, 3.05) is 0 Å². The molecule has 1 saturated carbocycles. The normalized spacial score (nSPS) is 27.5. The summed E-state index contributed by atoms with van der Waals surface area (Å²) in [6.07, 6.45) is 3.91. The van der Waals surface area contributed by atoms with Gasteiger partial charge in [-0.25, -0.2) is 9.78 Å². The summed E-state index contributed by atoms with van der Waals surface area (Å²) in [5.41, 5.74) is 1.75. The smallest absolute Gasteiger partial charge is 0.465 e. The molecule has 200 valence electrons. The fourth-order valence-corrected chi connectivity index (χ4v) is 6.16. The van der Waals surface area contributed by atoms with Gasteiger partial charge in [-0.3, -0.25) is 4.79 Å². The van der Waals surface area contributed by atoms with E-state index in [0.717, 1.165) is 54.4 Å². The molecule has 2 amide bonds. The van der Waals surface area contributed by atoms with Crippen LogP contribution in [0.5, 0.6) is 0 Å². The number of aromatic nitrogens is 2. The van der Waals surface area contributed by atoms with Crippen molar-refractivity contribution in [3.63, 3.8) is 0 Å². The molecule has 5 rings (SSSR count). The molecule has 10 heteroatoms. The molecule has 2 saturated heterocycles. The van der Waals surface area contributed by atoms with Crippen molar-refractivity contribution in [3.05, 3.63) is 24.0 Å². The molecule has 9 nitrogen and oxygen atoms in total. The molecule has 2 aliphatic heterocycles. The molecule has 4 atom stereocenters. The minimum Gasteiger partial charge on any atom is -0.465 e. The fraction of sp³-hybridized carbons (Fsp3) is 0.667. The van der Waals surface area contributed by atoms with Crippen LogP contribution in [0.15, 0.2) is 18.2 Å². The third kappa shape index (κ3) is 4.63. The number of likely N-dealkylation sites (tertiary alicyclic amines) is 1. The van der Waals surface area contributed by atoms with E-state index >= 15 is 0 Å². The van der Waals surface area contributed by atoms with Crippen LogP contribution in [-0.4, -0.2) is 62.4 Å². The number of nitrogens with zero attached hydrogens (tertiary/aromatic N) is 2. The van der Waals surface area contributed by atoms with Crippen molar-refractivity contribution in [1.29, 1.82) is 0 Å². The Hall–Kier alpha value is -2.59. The van der Waals surface area contributed by atoms with Gasteiger partial charge in [0, 0.05) is 6.04 Å². The highest BCUT2D eigenvalue weighted by Crippen LogP contribution is 2.46. The van der Waals surface area contributed by atoms with E-state index in [0.29, 0.717) is 5.92 Å². The average molecular weight is 510 g/mol. The maximum absolute atomic E-state index is 13.9. The summed E-state index contributed by atoms with van der Waals surface area (Å²) >= 11 is 0. The van der Waals surface area contributed by atoms with Crippen LogP contribution in [0.25, 0.3) is 11.0 Å². The zero-order chi connectivity index (χ0) is 26.7. The van der Waals surface area contributed by atoms with E-state index < -0.39 is 30.5 Å². The molecule has 0 unspecified atom stereocenters. The van der Waals surface area contributed by atoms with E-state index in [1.165, 1.54) is 0 Å². The van der Waals surface area contributed by atoms with Gasteiger partial charge in [-0.15, -0.1) is 0 Å². The highest BCUT2D eigenvalue weighted by molar-refractivity contribution is 6.62. The Morgan fingerprint density at radius 3 is 2.49 bits per heavy atom. The molecular weight excluding hydrogens is 471 g/mol. The first-order chi connectivity index (χ1) is 17.4. The minimum absolute atomic E-state index is 0.108. The summed E-state index contributed by atoms with van der Waals surface area (Å²) < 4.78 is 12.5. The van der Waals surface area contributed by atoms with E-state index in [-0.39, 0.29) is 23.9 Å². The SMILES string of the molecule is CC(C)[C@H](NC(=O)O)C(=O)N1[C@H](c2nc3ccc(B4OC(C)(C)C(C)(C)O4)cc3[nH]2)C[C@@H]2CCCC[C@@H]21. The number of carboxylic acid groups (broad SMARTS) is 1. The van der Waals surface area contributed by atoms with Gasteiger partial charge < -0.3 is 29.6 Å². The summed E-state index contributed by atoms with van der Waals surface area (Å²) in [6, 6.07) is 5.07. The number of hydrogen-bond donors (Lipinski definition) is 3. The largest absolute Gasteiger partial charge is 0.494 e. The lowest BCUT2D eigenvalue weighted by Crippen LogP contribution is -2.53. The Bertz CT molecular complexity index is 1180. The molecule has 0 bridgehead atoms. The summed E-state index contributed by atoms with van der Waals surface area (Å²) in [7, 11) is -0.470. The van der Waals surface area contributed by atoms with Crippen LogP contribution in [0, 0.1) is 11.8 Å². The van der Waals surface area contributed by atoms with Gasteiger partial charge in [0.15, 0.2) is 0 Å². The quantitative estimate of drug-likeness (QED) is 0.524. The van der Waals surface area contributed by atoms with Crippen LogP contribution in [0.2, 0.25) is 0 Å². The first-order valence-corrected chi connectivity index (χ1v) is 13.5. The Kier molecular flexibility index (Phi) is 6.55. The average Bonchev–Trinajstić information content (AvgIpc) is 3.47. The number of hydrogen-bond acceptors (Lipinski definition) is 5. The standard InChI is InChI=1S/C27H39BN4O5/c1-15(2)22(31-25(34)35)24(33)32-20-10-8-7-9-16(20)13-21(32)23-29-18-12-11-17(14-19(18)30-23)28-36-26(3,4)27(5,6)37-28/h11-12,14-16,20-22,31H,7-10,13H2,1-6H3,(H,29,30)(H,34,35)/t16-,20-,21-,22-/m0/s1. The van der Waals surface area contributed by atoms with E-state index in [4.69, 9.17) is 14.3 Å². The number of rotatable bonds is 5. The van der Waals surface area contributed by atoms with Crippen molar-refractivity contribution < 1.29 is 24.0 Å². The molecule has 3 heterocycles. The van der Waals surface area contributed by atoms with Gasteiger partial charge in [-0.2, -0.15) is 0 Å². The predicted molar refractivity (Wildman–Crippen MR) is 142 cm³/mol. The number of carbonyl (C=O) groups excluding carboxylic acids is 1. The lowest BCUT2D eigenvalue weighted by Gasteiger charge is -2.36. The first-order valence-electron chi connectivity index (χ1n) is 13.5. The highest BCUT2D eigenvalue weighted by Gasteiger charge is 2.52. The maximum atomic E-state index is 13.9. The Labute approximate surface area is 218 Å². The lowest BCUT2D eigenvalue weighted by molar-refractivity contribution is -0.138. The van der Waals surface area contributed by atoms with Crippen LogP contribution in [0.3, 0.4) is 0 Å². The maximum Gasteiger partial charge on any atom is 0.494 e. The highest BCUT2D eigenvalue weighted by atomic mass is 16.7. The summed E-state index contributed by atoms with van der Waals surface area (Å²) in [6.45, 7) is 11.9. The van der Waals surface area contributed by atoms with Crippen LogP contribution in [0.1, 0.15) is 85.5 Å². The first kappa shape index (κ1) is 26.0. The summed E-state index contributed by atoms with van der Waals surface area (Å²) in [4.78, 5) is 35.7. The molecular formula is C27H39BN4O5. The van der Waals surface area contributed by atoms with E-state index in [1.807, 2.05) is 64.6 Å². The van der Waals surface area contributed by atoms with Crippen molar-refractivity contribution >= 4 is 35.6 Å². The van der Waals surface area contributed by atoms with E-state index in [1.54, 1.807) is 0 Å². The minimum atomic E-state index is -1.18. The van der Waals surface area contributed by atoms with Crippen LogP contribution in [-0.2, 0) is 14.1 Å². The van der Waals surface area contributed by atoms with Gasteiger partial charge in [-0.05, 0) is 76.4 Å². The number of H-pyrrole nitrogens is 1. The fourth-order valence-electron chi connectivity index (χ4n) is 6.16. The van der Waals surface area contributed by atoms with Gasteiger partial charge in [0.2, 0.25) is 5.91 Å². The van der Waals surface area contributed by atoms with Crippen molar-refractivity contribution in [3.8, 4) is 0 Å². The topological polar surface area (TPSA) is 117 Å². The second kappa shape index (κ2) is 9.31. The monoisotopic (exact) mass is 510 g/mol. The third-order valence-corrected chi connectivity index (χ3v) is 8.92. The van der Waals surface area contributed by atoms with Gasteiger partial charge in [0.25, 0.3) is 0 Å². The van der Waals surface area contributed by atoms with Crippen LogP contribution >= 0.6 is 0 Å². The van der Waals surface area contributed by atoms with Crippen molar-refractivity contribution in [2.45, 2.75) is 103 Å². The number of fused-ring (bicyclic) bond motifs is 2. The van der Waals surface area contributed by atoms with Gasteiger partial charge in [-0.1, -0.05) is 32.8 Å². The number of carbonyl (C=O) groups is 2. The van der Waals surface area contributed by atoms with Crippen LogP contribution in [0.4, 0.5) is 4.79 Å². The molecule has 3 N–H and O–H groups in total. The molecule has 3 fully saturated rings. The number of amides is 2. The third-order valence-electron chi connectivity index (χ3n) is 8.92. The number of aromatic amines is 1. The van der Waals surface area contributed by atoms with Gasteiger partial charge >= 0.3 is 13.2 Å². The molecule has 0 radical (unpaired) electrons. The predicted octanol–water partition coefficient (Wildman–Crippen LogP) is 3.99. The second-order valence-electron chi connectivity index (χ2n) is 12.3. The summed E-state index contributed by atoms with van der Waals surface area (Å²) in [5.74, 6) is 0.829. The molecule has 1 aromatic heterocycles. The molecule has 1 aliphatic carbocycles. The Morgan fingerprint density at radius 2 is 1.84 bits per heavy atom. The molecule has 0 spiro atoms. The Morgan fingerprint density at radius 1 is 1.16 bits per heavy atom. The lowest BCUT2D eigenvalue weighted by atomic mass is 9.79. The zero-order valence-corrected chi connectivity index (χ0v) is 22.7. The Balaban J connectivity index is 1.47. The molecule has 37 heavy (non-hydrogen) atoms. The molecule has 3 aliphatic rings. The van der Waals surface area contributed by atoms with E-state index in [2.05, 4.69) is 10.3 Å². The number of nitrogens with one attached hydrogen (secondary N) is 2. The number of benzene rings is 1. The zero-order valence-electron chi connectivity index (χ0n) is 22.7. The van der Waals surface area contributed by atoms with Crippen molar-refractivity contribution in [1.82, 2.24) is 20.2 Å². The van der Waals surface area contributed by atoms with Crippen LogP contribution < -0.4 is 10.8 Å².